The van der Waals surface area contributed by atoms with Crippen molar-refractivity contribution >= 4 is 27.8 Å². The SMILES string of the molecule is Cc1cc(C(=O)O)cc2c1c1ccccc1n2C1CCNCC1. The van der Waals surface area contributed by atoms with Gasteiger partial charge in [-0.1, -0.05) is 18.2 Å². The summed E-state index contributed by atoms with van der Waals surface area (Å²) in [6, 6.07) is 12.4. The largest absolute Gasteiger partial charge is 0.478 e. The maximum absolute atomic E-state index is 11.5. The number of rotatable bonds is 2. The van der Waals surface area contributed by atoms with Gasteiger partial charge in [0.25, 0.3) is 0 Å². The molecule has 1 saturated heterocycles. The van der Waals surface area contributed by atoms with Crippen LogP contribution in [0.5, 0.6) is 0 Å². The summed E-state index contributed by atoms with van der Waals surface area (Å²) < 4.78 is 2.37. The highest BCUT2D eigenvalue weighted by atomic mass is 16.4. The molecule has 0 saturated carbocycles. The van der Waals surface area contributed by atoms with Gasteiger partial charge >= 0.3 is 5.97 Å². The number of aromatic carboxylic acids is 1. The number of hydrogen-bond acceptors (Lipinski definition) is 2. The molecule has 1 aliphatic rings. The monoisotopic (exact) mass is 308 g/mol. The number of aromatic nitrogens is 1. The summed E-state index contributed by atoms with van der Waals surface area (Å²) in [6.07, 6.45) is 2.15. The van der Waals surface area contributed by atoms with E-state index in [9.17, 15) is 9.90 Å². The number of piperidine rings is 1. The fraction of sp³-hybridized carbons (Fsp3) is 0.316. The van der Waals surface area contributed by atoms with E-state index < -0.39 is 5.97 Å². The van der Waals surface area contributed by atoms with Crippen LogP contribution < -0.4 is 5.32 Å². The van der Waals surface area contributed by atoms with E-state index in [4.69, 9.17) is 0 Å². The lowest BCUT2D eigenvalue weighted by atomic mass is 10.0. The zero-order valence-electron chi connectivity index (χ0n) is 13.2. The predicted octanol–water partition coefficient (Wildman–Crippen LogP) is 3.73. The molecule has 118 valence electrons. The van der Waals surface area contributed by atoms with Crippen molar-refractivity contribution < 1.29 is 9.90 Å². The lowest BCUT2D eigenvalue weighted by Gasteiger charge is -2.26. The molecule has 2 aromatic carbocycles. The van der Waals surface area contributed by atoms with Crippen molar-refractivity contribution in [3.8, 4) is 0 Å². The first kappa shape index (κ1) is 14.3. The van der Waals surface area contributed by atoms with Crippen LogP contribution in [0.3, 0.4) is 0 Å². The summed E-state index contributed by atoms with van der Waals surface area (Å²) in [4.78, 5) is 11.5. The van der Waals surface area contributed by atoms with Crippen molar-refractivity contribution in [2.75, 3.05) is 13.1 Å². The second kappa shape index (κ2) is 5.39. The highest BCUT2D eigenvalue weighted by Gasteiger charge is 2.22. The van der Waals surface area contributed by atoms with Crippen LogP contribution in [-0.2, 0) is 0 Å². The molecule has 0 aliphatic carbocycles. The molecular weight excluding hydrogens is 288 g/mol. The third-order valence-electron chi connectivity index (χ3n) is 4.93. The highest BCUT2D eigenvalue weighted by molar-refractivity contribution is 6.11. The van der Waals surface area contributed by atoms with Crippen molar-refractivity contribution in [3.05, 3.63) is 47.5 Å². The zero-order valence-corrected chi connectivity index (χ0v) is 13.2. The van der Waals surface area contributed by atoms with Crippen molar-refractivity contribution in [2.45, 2.75) is 25.8 Å². The fourth-order valence-corrected chi connectivity index (χ4v) is 3.92. The van der Waals surface area contributed by atoms with E-state index in [2.05, 4.69) is 34.1 Å². The van der Waals surface area contributed by atoms with Crippen LogP contribution in [0.2, 0.25) is 0 Å². The Labute approximate surface area is 134 Å². The van der Waals surface area contributed by atoms with E-state index in [0.29, 0.717) is 11.6 Å². The first-order valence-electron chi connectivity index (χ1n) is 8.14. The number of benzene rings is 2. The van der Waals surface area contributed by atoms with Crippen LogP contribution in [-0.4, -0.2) is 28.7 Å². The molecule has 2 N–H and O–H groups in total. The minimum Gasteiger partial charge on any atom is -0.478 e. The van der Waals surface area contributed by atoms with Crippen molar-refractivity contribution in [2.24, 2.45) is 0 Å². The standard InChI is InChI=1S/C19H20N2O2/c1-12-10-13(19(22)23)11-17-18(12)15-4-2-3-5-16(15)21(17)14-6-8-20-9-7-14/h2-5,10-11,14,20H,6-9H2,1H3,(H,22,23). The Balaban J connectivity index is 2.09. The first-order valence-corrected chi connectivity index (χ1v) is 8.14. The van der Waals surface area contributed by atoms with Gasteiger partial charge < -0.3 is 15.0 Å². The van der Waals surface area contributed by atoms with Gasteiger partial charge in [0, 0.05) is 22.3 Å². The Bertz CT molecular complexity index is 905. The van der Waals surface area contributed by atoms with Gasteiger partial charge in [0.2, 0.25) is 0 Å². The molecule has 4 heteroatoms. The minimum absolute atomic E-state index is 0.369. The zero-order chi connectivity index (χ0) is 16.0. The molecule has 0 radical (unpaired) electrons. The molecule has 1 aromatic heterocycles. The smallest absolute Gasteiger partial charge is 0.335 e. The van der Waals surface area contributed by atoms with Gasteiger partial charge in [-0.15, -0.1) is 0 Å². The summed E-state index contributed by atoms with van der Waals surface area (Å²) in [6.45, 7) is 4.03. The van der Waals surface area contributed by atoms with Crippen LogP contribution in [0.1, 0.15) is 34.8 Å². The Morgan fingerprint density at radius 1 is 1.17 bits per heavy atom. The normalized spacial score (nSPS) is 16.2. The summed E-state index contributed by atoms with van der Waals surface area (Å²) in [5.74, 6) is -0.864. The third kappa shape index (κ3) is 2.21. The highest BCUT2D eigenvalue weighted by Crippen LogP contribution is 2.36. The topological polar surface area (TPSA) is 54.3 Å². The fourth-order valence-electron chi connectivity index (χ4n) is 3.92. The van der Waals surface area contributed by atoms with Gasteiger partial charge in [0.1, 0.15) is 0 Å². The molecule has 3 aromatic rings. The number of carboxylic acid groups (broad SMARTS) is 1. The van der Waals surface area contributed by atoms with Crippen LogP contribution in [0.25, 0.3) is 21.8 Å². The van der Waals surface area contributed by atoms with Gasteiger partial charge in [-0.05, 0) is 56.6 Å². The van der Waals surface area contributed by atoms with Gasteiger partial charge in [-0.2, -0.15) is 0 Å². The van der Waals surface area contributed by atoms with Crippen LogP contribution >= 0.6 is 0 Å². The molecule has 0 atom stereocenters. The molecule has 2 heterocycles. The Morgan fingerprint density at radius 3 is 2.65 bits per heavy atom. The van der Waals surface area contributed by atoms with Crippen molar-refractivity contribution in [3.63, 3.8) is 0 Å². The molecule has 23 heavy (non-hydrogen) atoms. The summed E-state index contributed by atoms with van der Waals surface area (Å²) in [5, 5.41) is 15.2. The van der Waals surface area contributed by atoms with E-state index in [1.165, 1.54) is 16.3 Å². The number of nitrogens with zero attached hydrogens (tertiary/aromatic N) is 1. The lowest BCUT2D eigenvalue weighted by Crippen LogP contribution is -2.29. The Kier molecular flexibility index (Phi) is 3.34. The van der Waals surface area contributed by atoms with Crippen LogP contribution in [0, 0.1) is 6.92 Å². The molecule has 0 bridgehead atoms. The van der Waals surface area contributed by atoms with Crippen molar-refractivity contribution in [1.29, 1.82) is 0 Å². The van der Waals surface area contributed by atoms with E-state index >= 15 is 0 Å². The maximum Gasteiger partial charge on any atom is 0.335 e. The molecule has 0 spiro atoms. The van der Waals surface area contributed by atoms with Gasteiger partial charge in [-0.25, -0.2) is 4.79 Å². The van der Waals surface area contributed by atoms with Crippen molar-refractivity contribution in [1.82, 2.24) is 9.88 Å². The van der Waals surface area contributed by atoms with Gasteiger partial charge in [-0.3, -0.25) is 0 Å². The average Bonchev–Trinajstić information content (AvgIpc) is 2.90. The number of carboxylic acids is 1. The quantitative estimate of drug-likeness (QED) is 0.758. The van der Waals surface area contributed by atoms with E-state index in [0.717, 1.165) is 37.0 Å². The molecule has 0 amide bonds. The molecule has 1 fully saturated rings. The van der Waals surface area contributed by atoms with Gasteiger partial charge in [0.05, 0.1) is 11.1 Å². The third-order valence-corrected chi connectivity index (χ3v) is 4.93. The van der Waals surface area contributed by atoms with E-state index in [-0.39, 0.29) is 0 Å². The Morgan fingerprint density at radius 2 is 1.91 bits per heavy atom. The molecule has 0 unspecified atom stereocenters. The summed E-state index contributed by atoms with van der Waals surface area (Å²) >= 11 is 0. The van der Waals surface area contributed by atoms with E-state index in [1.807, 2.05) is 13.0 Å². The maximum atomic E-state index is 11.5. The summed E-state index contributed by atoms with van der Waals surface area (Å²) in [7, 11) is 0. The number of aryl methyl sites for hydroxylation is 1. The lowest BCUT2D eigenvalue weighted by molar-refractivity contribution is 0.0697. The number of para-hydroxylation sites is 1. The second-order valence-electron chi connectivity index (χ2n) is 6.36. The number of hydrogen-bond donors (Lipinski definition) is 2. The average molecular weight is 308 g/mol. The molecule has 4 rings (SSSR count). The first-order chi connectivity index (χ1) is 11.2. The molecule has 1 aliphatic heterocycles. The molecular formula is C19H20N2O2. The molecule has 4 nitrogen and oxygen atoms in total. The number of fused-ring (bicyclic) bond motifs is 3. The van der Waals surface area contributed by atoms with Crippen LogP contribution in [0.4, 0.5) is 0 Å². The predicted molar refractivity (Wildman–Crippen MR) is 92.3 cm³/mol. The van der Waals surface area contributed by atoms with E-state index in [1.54, 1.807) is 6.07 Å². The Hall–Kier alpha value is -2.33. The van der Waals surface area contributed by atoms with Crippen LogP contribution in [0.15, 0.2) is 36.4 Å². The minimum atomic E-state index is -0.864. The number of carbonyl (C=O) groups is 1. The number of nitrogens with one attached hydrogen (secondary N) is 1. The summed E-state index contributed by atoms with van der Waals surface area (Å²) in [5.41, 5.74) is 3.66. The second-order valence-corrected chi connectivity index (χ2v) is 6.36. The van der Waals surface area contributed by atoms with Gasteiger partial charge in [0.15, 0.2) is 0 Å².